The van der Waals surface area contributed by atoms with Crippen molar-refractivity contribution in [2.75, 3.05) is 0 Å². The van der Waals surface area contributed by atoms with Gasteiger partial charge in [0, 0.05) is 41.7 Å². The maximum Gasteiger partial charge on any atom is 0 e. The van der Waals surface area contributed by atoms with Gasteiger partial charge in [0.1, 0.15) is 0 Å². The minimum atomic E-state index is -4.94. The second-order valence-corrected chi connectivity index (χ2v) is 1.13. The first-order chi connectivity index (χ1) is 2.00. The van der Waals surface area contributed by atoms with Crippen LogP contribution in [-0.2, 0) is 0 Å². The molecule has 6 heteroatoms. The smallest absolute Gasteiger partial charge is 0 e. The normalized spacial score (nSPS) is 10.0. The zero-order valence-electron chi connectivity index (χ0n) is 2.51. The number of halogens is 1. The summed E-state index contributed by atoms with van der Waals surface area (Å²) in [4.78, 5) is 0. The molecule has 0 rings (SSSR count). The van der Waals surface area contributed by atoms with Crippen molar-refractivity contribution >= 4 is 0 Å². The predicted molar refractivity (Wildman–Crippen MR) is 0 cm³/mol. The molecule has 0 spiro atoms. The van der Waals surface area contributed by atoms with E-state index < -0.39 is 10.2 Å². The molecule has 4 nitrogen and oxygen atoms in total. The Morgan fingerprint density at radius 3 is 0.833 bits per heavy atom. The number of hydrogen-bond acceptors (Lipinski definition) is 4. The largest absolute Gasteiger partial charge is 0.222 e. The van der Waals surface area contributed by atoms with Gasteiger partial charge in [0.05, 0.1) is 0 Å². The molecule has 0 unspecified atom stereocenters. The number of hydrogen-bond donors (Lipinski definition) is 0. The van der Waals surface area contributed by atoms with E-state index in [1.54, 1.807) is 0 Å². The molecule has 0 atom stereocenters. The van der Waals surface area contributed by atoms with Gasteiger partial charge < -0.3 is 0 Å². The Morgan fingerprint density at radius 1 is 0.833 bits per heavy atom. The predicted octanol–water partition coefficient (Wildman–Crippen LogP) is -4.76. The van der Waals surface area contributed by atoms with Gasteiger partial charge in [0.2, 0.25) is 0 Å². The SMILES string of the molecule is [Ce].[O-][Cl+3]([O-])([O-])[O-]. The summed E-state index contributed by atoms with van der Waals surface area (Å²) in [5.74, 6) is 0. The van der Waals surface area contributed by atoms with Crippen molar-refractivity contribution in [3.63, 3.8) is 0 Å². The Labute approximate surface area is 69.9 Å². The molecule has 0 aromatic rings. The van der Waals surface area contributed by atoms with Crippen molar-refractivity contribution in [2.45, 2.75) is 0 Å². The minimum absolute atomic E-state index is 0. The van der Waals surface area contributed by atoms with E-state index in [2.05, 4.69) is 0 Å². The Kier molecular flexibility index (Phi) is 6.12. The Hall–Kier alpha value is 1.51. The van der Waals surface area contributed by atoms with Crippen LogP contribution in [0.4, 0.5) is 0 Å². The van der Waals surface area contributed by atoms with E-state index in [-0.39, 0.29) is 41.7 Å². The molecule has 0 aromatic carbocycles. The molecule has 0 bridgehead atoms. The minimum Gasteiger partial charge on any atom is -0.222 e. The maximum atomic E-state index is 8.49. The fourth-order valence-electron chi connectivity index (χ4n) is 0. The van der Waals surface area contributed by atoms with Gasteiger partial charge in [-0.05, 0) is 0 Å². The first kappa shape index (κ1) is 10.5. The molecule has 0 saturated carbocycles. The number of rotatable bonds is 0. The van der Waals surface area contributed by atoms with Gasteiger partial charge in [0.15, 0.2) is 0 Å². The summed E-state index contributed by atoms with van der Waals surface area (Å²) >= 11 is 0. The summed E-state index contributed by atoms with van der Waals surface area (Å²) in [6.07, 6.45) is 0. The van der Waals surface area contributed by atoms with Crippen LogP contribution < -0.4 is 18.6 Å². The van der Waals surface area contributed by atoms with Crippen molar-refractivity contribution in [1.29, 1.82) is 0 Å². The fourth-order valence-corrected chi connectivity index (χ4v) is 0. The van der Waals surface area contributed by atoms with Crippen LogP contribution in [0.3, 0.4) is 0 Å². The zero-order chi connectivity index (χ0) is 4.50. The van der Waals surface area contributed by atoms with E-state index in [0.717, 1.165) is 0 Å². The van der Waals surface area contributed by atoms with E-state index in [0.29, 0.717) is 0 Å². The van der Waals surface area contributed by atoms with Gasteiger partial charge in [-0.3, -0.25) is 0 Å². The van der Waals surface area contributed by atoms with Crippen molar-refractivity contribution in [2.24, 2.45) is 0 Å². The monoisotopic (exact) mass is 239 g/mol. The Morgan fingerprint density at radius 2 is 0.833 bits per heavy atom. The molecule has 0 N–H and O–H groups in total. The molecular weight excluding hydrogens is 240 g/mol. The first-order valence-corrected chi connectivity index (χ1v) is 1.85. The molecule has 0 aromatic heterocycles. The van der Waals surface area contributed by atoms with Crippen molar-refractivity contribution in [3.8, 4) is 0 Å². The average Bonchev–Trinajstić information content (AvgIpc) is 0.722. The Bertz CT molecular complexity index is 23.0. The fraction of sp³-hybridized carbons (Fsp3) is 0. The van der Waals surface area contributed by atoms with Gasteiger partial charge in [-0.2, -0.15) is 0 Å². The molecule has 36 valence electrons. The van der Waals surface area contributed by atoms with Gasteiger partial charge in [-0.15, -0.1) is 10.2 Å². The van der Waals surface area contributed by atoms with Crippen LogP contribution in [0.2, 0.25) is 0 Å². The van der Waals surface area contributed by atoms with E-state index in [4.69, 9.17) is 18.6 Å². The molecule has 0 aliphatic carbocycles. The van der Waals surface area contributed by atoms with Gasteiger partial charge in [-0.1, -0.05) is 0 Å². The van der Waals surface area contributed by atoms with Crippen LogP contribution in [-0.4, -0.2) is 0 Å². The molecule has 0 saturated heterocycles. The third-order valence-electron chi connectivity index (χ3n) is 0. The first-order valence-electron chi connectivity index (χ1n) is 0.617. The quantitative estimate of drug-likeness (QED) is 0.424. The third kappa shape index (κ3) is 49.3. The molecule has 6 heavy (non-hydrogen) atoms. The second-order valence-electron chi connectivity index (χ2n) is 0.378. The standard InChI is InChI=1S/Ce.ClHO4/c;2-1(3,4)5/h;(H,2,3,4,5)/p-1. The molecule has 0 aliphatic heterocycles. The zero-order valence-corrected chi connectivity index (χ0v) is 6.41. The third-order valence-corrected chi connectivity index (χ3v) is 0. The van der Waals surface area contributed by atoms with E-state index >= 15 is 0 Å². The van der Waals surface area contributed by atoms with Crippen molar-refractivity contribution in [3.05, 3.63) is 0 Å². The van der Waals surface area contributed by atoms with Crippen LogP contribution >= 0.6 is 0 Å². The summed E-state index contributed by atoms with van der Waals surface area (Å²) < 4.78 is 34.0. The summed E-state index contributed by atoms with van der Waals surface area (Å²) in [5.41, 5.74) is 0. The topological polar surface area (TPSA) is 92.2 Å². The van der Waals surface area contributed by atoms with Gasteiger partial charge in [0.25, 0.3) is 0 Å². The molecule has 0 heterocycles. The summed E-state index contributed by atoms with van der Waals surface area (Å²) in [7, 11) is -4.94. The molecular formula is CeClO4-. The van der Waals surface area contributed by atoms with Crippen molar-refractivity contribution < 1.29 is 70.6 Å². The molecule has 0 aliphatic rings. The van der Waals surface area contributed by atoms with Crippen LogP contribution in [0.1, 0.15) is 0 Å². The summed E-state index contributed by atoms with van der Waals surface area (Å²) in [5, 5.41) is 0. The van der Waals surface area contributed by atoms with E-state index in [9.17, 15) is 0 Å². The van der Waals surface area contributed by atoms with Crippen molar-refractivity contribution in [1.82, 2.24) is 0 Å². The van der Waals surface area contributed by atoms with Gasteiger partial charge in [-0.25, -0.2) is 18.6 Å². The summed E-state index contributed by atoms with van der Waals surface area (Å²) in [6, 6.07) is 0. The van der Waals surface area contributed by atoms with E-state index in [1.807, 2.05) is 0 Å². The van der Waals surface area contributed by atoms with Crippen LogP contribution in [0, 0.1) is 52.0 Å². The molecule has 0 amide bonds. The summed E-state index contributed by atoms with van der Waals surface area (Å²) in [6.45, 7) is 0. The van der Waals surface area contributed by atoms with E-state index in [1.165, 1.54) is 0 Å². The van der Waals surface area contributed by atoms with Crippen LogP contribution in [0.25, 0.3) is 0 Å². The van der Waals surface area contributed by atoms with Crippen LogP contribution in [0.15, 0.2) is 0 Å². The van der Waals surface area contributed by atoms with Gasteiger partial charge >= 0.3 is 0 Å². The van der Waals surface area contributed by atoms with Crippen LogP contribution in [0.5, 0.6) is 0 Å². The Balaban J connectivity index is 0. The molecule has 0 radical (unpaired) electrons. The second kappa shape index (κ2) is 3.50. The molecule has 0 fully saturated rings. The average molecular weight is 240 g/mol. The maximum absolute atomic E-state index is 8.49.